The number of ether oxygens (including phenoxy) is 1. The first-order valence-electron chi connectivity index (χ1n) is 3.13. The van der Waals surface area contributed by atoms with Gasteiger partial charge in [-0.2, -0.15) is 0 Å². The molecular weight excluding hydrogens is 136 g/mol. The van der Waals surface area contributed by atoms with Gasteiger partial charge in [0.1, 0.15) is 6.10 Å². The van der Waals surface area contributed by atoms with Crippen molar-refractivity contribution in [1.29, 1.82) is 0 Å². The zero-order valence-corrected chi connectivity index (χ0v) is 6.29. The van der Waals surface area contributed by atoms with Crippen molar-refractivity contribution in [3.8, 4) is 0 Å². The summed E-state index contributed by atoms with van der Waals surface area (Å²) in [4.78, 5) is 0. The molecule has 0 fully saturated rings. The van der Waals surface area contributed by atoms with E-state index in [1.807, 2.05) is 0 Å². The van der Waals surface area contributed by atoms with Crippen molar-refractivity contribution in [1.82, 2.24) is 0 Å². The minimum atomic E-state index is -0.990. The molecule has 0 amide bonds. The second-order valence-electron chi connectivity index (χ2n) is 2.66. The fourth-order valence-electron chi connectivity index (χ4n) is 0.357. The van der Waals surface area contributed by atoms with E-state index in [-0.39, 0.29) is 13.2 Å². The Hall–Kier alpha value is -0.160. The Morgan fingerprint density at radius 2 is 2.10 bits per heavy atom. The Kier molecular flexibility index (Phi) is 3.81. The van der Waals surface area contributed by atoms with E-state index in [0.717, 1.165) is 0 Å². The molecule has 1 unspecified atom stereocenters. The lowest BCUT2D eigenvalue weighted by Crippen LogP contribution is -2.30. The highest BCUT2D eigenvalue weighted by Crippen LogP contribution is 2.02. The van der Waals surface area contributed by atoms with Crippen LogP contribution in [0, 0.1) is 0 Å². The molecule has 4 N–H and O–H groups in total. The van der Waals surface area contributed by atoms with Crippen LogP contribution in [0.15, 0.2) is 0 Å². The van der Waals surface area contributed by atoms with Crippen molar-refractivity contribution in [2.75, 3.05) is 13.2 Å². The third-order valence-electron chi connectivity index (χ3n) is 0.847. The molecule has 0 rings (SSSR count). The normalized spacial score (nSPS) is 15.3. The van der Waals surface area contributed by atoms with Gasteiger partial charge in [-0.15, -0.1) is 0 Å². The van der Waals surface area contributed by atoms with Gasteiger partial charge in [0, 0.05) is 13.8 Å². The van der Waals surface area contributed by atoms with E-state index in [1.54, 1.807) is 13.8 Å². The number of hydrogen-bond donors (Lipinski definition) is 2. The fraction of sp³-hybridized carbons (Fsp3) is 1.00. The SMILES string of the molecule is CC(C)([OH2+])OCC(O)CO. The highest BCUT2D eigenvalue weighted by atomic mass is 16.6. The van der Waals surface area contributed by atoms with Crippen LogP contribution in [-0.2, 0) is 4.74 Å². The van der Waals surface area contributed by atoms with Crippen LogP contribution < -0.4 is 0 Å². The highest BCUT2D eigenvalue weighted by molar-refractivity contribution is 4.54. The predicted molar refractivity (Wildman–Crippen MR) is 36.7 cm³/mol. The van der Waals surface area contributed by atoms with Gasteiger partial charge >= 0.3 is 0 Å². The zero-order valence-electron chi connectivity index (χ0n) is 6.29. The average molecular weight is 151 g/mol. The predicted octanol–water partition coefficient (Wildman–Crippen LogP) is -1.18. The fourth-order valence-corrected chi connectivity index (χ4v) is 0.357. The molecule has 0 aromatic heterocycles. The Labute approximate surface area is 60.1 Å². The van der Waals surface area contributed by atoms with E-state index in [1.165, 1.54) is 0 Å². The first kappa shape index (κ1) is 9.84. The van der Waals surface area contributed by atoms with Crippen LogP contribution in [-0.4, -0.2) is 40.4 Å². The number of aliphatic hydroxyl groups excluding tert-OH is 2. The molecule has 0 aromatic carbocycles. The van der Waals surface area contributed by atoms with Crippen LogP contribution in [0.1, 0.15) is 13.8 Å². The Balaban J connectivity index is 3.36. The van der Waals surface area contributed by atoms with E-state index in [0.29, 0.717) is 0 Å². The lowest BCUT2D eigenvalue weighted by atomic mass is 10.3. The minimum Gasteiger partial charge on any atom is -0.420 e. The molecule has 1 atom stereocenters. The van der Waals surface area contributed by atoms with Gasteiger partial charge < -0.3 is 20.1 Å². The first-order valence-corrected chi connectivity index (χ1v) is 3.13. The molecule has 0 saturated carbocycles. The van der Waals surface area contributed by atoms with Crippen LogP contribution in [0.2, 0.25) is 0 Å². The van der Waals surface area contributed by atoms with Crippen molar-refractivity contribution in [3.63, 3.8) is 0 Å². The molecule has 62 valence electrons. The summed E-state index contributed by atoms with van der Waals surface area (Å²) in [5.74, 6) is -0.990. The topological polar surface area (TPSA) is 72.6 Å². The number of aliphatic hydroxyl groups is 2. The average Bonchev–Trinajstić information content (AvgIpc) is 1.81. The van der Waals surface area contributed by atoms with Gasteiger partial charge in [-0.05, 0) is 0 Å². The Morgan fingerprint density at radius 3 is 2.40 bits per heavy atom. The molecule has 0 aliphatic heterocycles. The maximum Gasteiger partial charge on any atom is 0.267 e. The van der Waals surface area contributed by atoms with E-state index in [9.17, 15) is 0 Å². The van der Waals surface area contributed by atoms with Gasteiger partial charge in [0.25, 0.3) is 5.79 Å². The summed E-state index contributed by atoms with van der Waals surface area (Å²) in [7, 11) is 0. The maximum atomic E-state index is 8.76. The molecule has 0 heterocycles. The lowest BCUT2D eigenvalue weighted by molar-refractivity contribution is -0.192. The number of hydrogen-bond acceptors (Lipinski definition) is 3. The molecule has 4 nitrogen and oxygen atoms in total. The summed E-state index contributed by atoms with van der Waals surface area (Å²) in [6.07, 6.45) is -0.871. The summed E-state index contributed by atoms with van der Waals surface area (Å²) in [5, 5.41) is 24.3. The van der Waals surface area contributed by atoms with Crippen LogP contribution in [0.5, 0.6) is 0 Å². The van der Waals surface area contributed by atoms with Gasteiger partial charge in [-0.1, -0.05) is 0 Å². The van der Waals surface area contributed by atoms with Gasteiger partial charge in [0.2, 0.25) is 0 Å². The van der Waals surface area contributed by atoms with E-state index in [2.05, 4.69) is 0 Å². The lowest BCUT2D eigenvalue weighted by Gasteiger charge is -2.15. The van der Waals surface area contributed by atoms with Crippen molar-refractivity contribution >= 4 is 0 Å². The van der Waals surface area contributed by atoms with Gasteiger partial charge in [0.05, 0.1) is 13.2 Å². The van der Waals surface area contributed by atoms with Gasteiger partial charge in [-0.25, -0.2) is 0 Å². The van der Waals surface area contributed by atoms with Crippen molar-refractivity contribution < 1.29 is 20.1 Å². The smallest absolute Gasteiger partial charge is 0.267 e. The molecule has 0 aromatic rings. The monoisotopic (exact) mass is 151 g/mol. The van der Waals surface area contributed by atoms with E-state index in [4.69, 9.17) is 20.1 Å². The van der Waals surface area contributed by atoms with Crippen LogP contribution in [0.3, 0.4) is 0 Å². The zero-order chi connectivity index (χ0) is 8.20. The Bertz CT molecular complexity index is 86.2. The molecule has 0 radical (unpaired) electrons. The largest absolute Gasteiger partial charge is 0.420 e. The summed E-state index contributed by atoms with van der Waals surface area (Å²) in [6.45, 7) is 2.82. The summed E-state index contributed by atoms with van der Waals surface area (Å²) < 4.78 is 4.84. The third kappa shape index (κ3) is 5.97. The molecule has 0 aliphatic rings. The van der Waals surface area contributed by atoms with E-state index < -0.39 is 11.9 Å². The minimum absolute atomic E-state index is 0.00694. The van der Waals surface area contributed by atoms with Crippen molar-refractivity contribution in [3.05, 3.63) is 0 Å². The molecule has 4 heteroatoms. The summed E-state index contributed by atoms with van der Waals surface area (Å²) >= 11 is 0. The second kappa shape index (κ2) is 3.88. The molecule has 0 spiro atoms. The van der Waals surface area contributed by atoms with Crippen LogP contribution >= 0.6 is 0 Å². The molecule has 0 bridgehead atoms. The quantitative estimate of drug-likeness (QED) is 0.392. The molecule has 10 heavy (non-hydrogen) atoms. The number of rotatable bonds is 4. The summed E-state index contributed by atoms with van der Waals surface area (Å²) in [6, 6.07) is 0. The van der Waals surface area contributed by atoms with Crippen LogP contribution in [0.4, 0.5) is 0 Å². The van der Waals surface area contributed by atoms with Gasteiger partial charge in [0.15, 0.2) is 0 Å². The van der Waals surface area contributed by atoms with E-state index >= 15 is 0 Å². The van der Waals surface area contributed by atoms with Gasteiger partial charge in [-0.3, -0.25) is 0 Å². The standard InChI is InChI=1S/C6H14O4/c1-6(2,9)10-4-5(8)3-7/h5,7-9H,3-4H2,1-2H3/p+1. The first-order chi connectivity index (χ1) is 4.45. The molecule has 0 aliphatic carbocycles. The van der Waals surface area contributed by atoms with Crippen molar-refractivity contribution in [2.24, 2.45) is 0 Å². The van der Waals surface area contributed by atoms with Crippen molar-refractivity contribution in [2.45, 2.75) is 25.7 Å². The third-order valence-corrected chi connectivity index (χ3v) is 0.847. The second-order valence-corrected chi connectivity index (χ2v) is 2.66. The summed E-state index contributed by atoms with van der Waals surface area (Å²) in [5.41, 5.74) is 0. The molecule has 0 saturated heterocycles. The molecular formula is C6H15O4+. The van der Waals surface area contributed by atoms with Crippen LogP contribution in [0.25, 0.3) is 0 Å². The Morgan fingerprint density at radius 1 is 1.60 bits per heavy atom. The highest BCUT2D eigenvalue weighted by Gasteiger charge is 2.19. The maximum absolute atomic E-state index is 8.76.